The zero-order valence-corrected chi connectivity index (χ0v) is 9.02. The van der Waals surface area contributed by atoms with E-state index in [-0.39, 0.29) is 17.6 Å². The van der Waals surface area contributed by atoms with Crippen LogP contribution in [0.5, 0.6) is 0 Å². The smallest absolute Gasteiger partial charge is 0.107 e. The van der Waals surface area contributed by atoms with Crippen LogP contribution in [0.1, 0.15) is 41.0 Å². The number of aliphatic hydroxyl groups is 1. The van der Waals surface area contributed by atoms with Gasteiger partial charge in [-0.25, -0.2) is 0 Å². The largest absolute Gasteiger partial charge is 0.378 e. The first-order chi connectivity index (χ1) is 5.39. The van der Waals surface area contributed by atoms with E-state index < -0.39 is 0 Å². The number of nitrogens with one attached hydrogen (secondary N) is 1. The Hall–Kier alpha value is -0.0800. The lowest BCUT2D eigenvalue weighted by Gasteiger charge is -2.31. The molecule has 0 aromatic rings. The topological polar surface area (TPSA) is 32.3 Å². The molecular formula is C10H23NO. The molecule has 0 bridgehead atoms. The molecule has 0 fully saturated rings. The molecule has 0 aliphatic rings. The minimum Gasteiger partial charge on any atom is -0.378 e. The van der Waals surface area contributed by atoms with E-state index in [0.717, 1.165) is 13.0 Å². The lowest BCUT2D eigenvalue weighted by atomic mass is 9.81. The van der Waals surface area contributed by atoms with E-state index in [2.05, 4.69) is 39.9 Å². The molecule has 74 valence electrons. The van der Waals surface area contributed by atoms with E-state index in [1.807, 2.05) is 0 Å². The average molecular weight is 173 g/mol. The summed E-state index contributed by atoms with van der Waals surface area (Å²) in [4.78, 5) is 0. The van der Waals surface area contributed by atoms with Gasteiger partial charge in [-0.3, -0.25) is 5.32 Å². The predicted molar refractivity (Wildman–Crippen MR) is 52.9 cm³/mol. The molecule has 0 aromatic carbocycles. The van der Waals surface area contributed by atoms with E-state index in [1.54, 1.807) is 0 Å². The van der Waals surface area contributed by atoms with Crippen LogP contribution in [-0.4, -0.2) is 17.9 Å². The number of rotatable bonds is 4. The van der Waals surface area contributed by atoms with Gasteiger partial charge in [0.1, 0.15) is 6.23 Å². The van der Waals surface area contributed by atoms with Gasteiger partial charge in [-0.15, -0.1) is 0 Å². The Bertz CT molecular complexity index is 117. The fourth-order valence-corrected chi connectivity index (χ4v) is 0.943. The molecule has 0 saturated carbocycles. The van der Waals surface area contributed by atoms with Crippen LogP contribution in [0.3, 0.4) is 0 Å². The second kappa shape index (κ2) is 4.83. The molecular weight excluding hydrogens is 150 g/mol. The lowest BCUT2D eigenvalue weighted by Crippen LogP contribution is -2.40. The monoisotopic (exact) mass is 173 g/mol. The molecule has 0 amide bonds. The summed E-state index contributed by atoms with van der Waals surface area (Å²) in [5, 5.41) is 12.8. The normalized spacial score (nSPS) is 17.5. The SMILES string of the molecule is CCCNC(O)C(C)C(C)(C)C. The summed E-state index contributed by atoms with van der Waals surface area (Å²) in [7, 11) is 0. The maximum absolute atomic E-state index is 9.67. The Kier molecular flexibility index (Phi) is 4.80. The summed E-state index contributed by atoms with van der Waals surface area (Å²) in [6.45, 7) is 11.5. The van der Waals surface area contributed by atoms with E-state index >= 15 is 0 Å². The van der Waals surface area contributed by atoms with Gasteiger partial charge in [-0.1, -0.05) is 34.6 Å². The zero-order chi connectivity index (χ0) is 9.78. The standard InChI is InChI=1S/C10H23NO/c1-6-7-11-9(12)8(2)10(3,4)5/h8-9,11-12H,6-7H2,1-5H3. The predicted octanol–water partition coefficient (Wildman–Crippen LogP) is 1.99. The molecule has 0 rings (SSSR count). The number of hydrogen-bond acceptors (Lipinski definition) is 2. The molecule has 2 nitrogen and oxygen atoms in total. The average Bonchev–Trinajstić information content (AvgIpc) is 1.97. The Labute approximate surface area is 76.4 Å². The highest BCUT2D eigenvalue weighted by molar-refractivity contribution is 4.74. The van der Waals surface area contributed by atoms with E-state index in [0.29, 0.717) is 0 Å². The Morgan fingerprint density at radius 1 is 1.33 bits per heavy atom. The minimum atomic E-state index is -0.370. The van der Waals surface area contributed by atoms with Gasteiger partial charge in [0, 0.05) is 5.92 Å². The zero-order valence-electron chi connectivity index (χ0n) is 9.02. The van der Waals surface area contributed by atoms with Crippen molar-refractivity contribution in [3.63, 3.8) is 0 Å². The first-order valence-corrected chi connectivity index (χ1v) is 4.81. The molecule has 2 N–H and O–H groups in total. The second-order valence-corrected chi connectivity index (χ2v) is 4.55. The molecule has 0 spiro atoms. The second-order valence-electron chi connectivity index (χ2n) is 4.55. The van der Waals surface area contributed by atoms with Crippen molar-refractivity contribution in [1.29, 1.82) is 0 Å². The van der Waals surface area contributed by atoms with Crippen molar-refractivity contribution in [1.82, 2.24) is 5.32 Å². The lowest BCUT2D eigenvalue weighted by molar-refractivity contribution is 0.0288. The Balaban J connectivity index is 3.84. The first-order valence-electron chi connectivity index (χ1n) is 4.81. The van der Waals surface area contributed by atoms with Gasteiger partial charge in [0.2, 0.25) is 0 Å². The Morgan fingerprint density at radius 3 is 2.17 bits per heavy atom. The van der Waals surface area contributed by atoms with Crippen LogP contribution in [0, 0.1) is 11.3 Å². The summed E-state index contributed by atoms with van der Waals surface area (Å²) >= 11 is 0. The number of hydrogen-bond donors (Lipinski definition) is 2. The molecule has 0 radical (unpaired) electrons. The van der Waals surface area contributed by atoms with Crippen molar-refractivity contribution in [3.05, 3.63) is 0 Å². The van der Waals surface area contributed by atoms with E-state index in [4.69, 9.17) is 0 Å². The fourth-order valence-electron chi connectivity index (χ4n) is 0.943. The van der Waals surface area contributed by atoms with E-state index in [9.17, 15) is 5.11 Å². The molecule has 0 aliphatic heterocycles. The molecule has 0 aliphatic carbocycles. The summed E-state index contributed by atoms with van der Waals surface area (Å²) in [5.74, 6) is 0.282. The van der Waals surface area contributed by atoms with Crippen molar-refractivity contribution in [2.75, 3.05) is 6.54 Å². The van der Waals surface area contributed by atoms with Crippen LogP contribution in [0.2, 0.25) is 0 Å². The van der Waals surface area contributed by atoms with Gasteiger partial charge in [-0.2, -0.15) is 0 Å². The Morgan fingerprint density at radius 2 is 1.83 bits per heavy atom. The van der Waals surface area contributed by atoms with Crippen molar-refractivity contribution >= 4 is 0 Å². The number of aliphatic hydroxyl groups excluding tert-OH is 1. The van der Waals surface area contributed by atoms with Crippen molar-refractivity contribution in [3.8, 4) is 0 Å². The van der Waals surface area contributed by atoms with Crippen LogP contribution < -0.4 is 5.32 Å². The van der Waals surface area contributed by atoms with Crippen LogP contribution in [-0.2, 0) is 0 Å². The fraction of sp³-hybridized carbons (Fsp3) is 1.00. The van der Waals surface area contributed by atoms with Gasteiger partial charge < -0.3 is 5.11 Å². The van der Waals surface area contributed by atoms with Gasteiger partial charge >= 0.3 is 0 Å². The highest BCUT2D eigenvalue weighted by atomic mass is 16.3. The van der Waals surface area contributed by atoms with Crippen LogP contribution >= 0.6 is 0 Å². The van der Waals surface area contributed by atoms with Crippen LogP contribution in [0.15, 0.2) is 0 Å². The van der Waals surface area contributed by atoms with Gasteiger partial charge in [-0.05, 0) is 18.4 Å². The maximum atomic E-state index is 9.67. The summed E-state index contributed by atoms with van der Waals surface area (Å²) in [6, 6.07) is 0. The third-order valence-corrected chi connectivity index (χ3v) is 2.44. The summed E-state index contributed by atoms with van der Waals surface area (Å²) < 4.78 is 0. The third-order valence-electron chi connectivity index (χ3n) is 2.44. The highest BCUT2D eigenvalue weighted by Crippen LogP contribution is 2.27. The molecule has 0 saturated heterocycles. The molecule has 2 unspecified atom stereocenters. The first kappa shape index (κ1) is 11.9. The molecule has 2 atom stereocenters. The third kappa shape index (κ3) is 4.07. The summed E-state index contributed by atoms with van der Waals surface area (Å²) in [5.41, 5.74) is 0.167. The van der Waals surface area contributed by atoms with Gasteiger partial charge in [0.25, 0.3) is 0 Å². The van der Waals surface area contributed by atoms with Crippen molar-refractivity contribution < 1.29 is 5.11 Å². The molecule has 2 heteroatoms. The summed E-state index contributed by atoms with van der Waals surface area (Å²) in [6.07, 6.45) is 0.693. The maximum Gasteiger partial charge on any atom is 0.107 e. The van der Waals surface area contributed by atoms with Gasteiger partial charge in [0.05, 0.1) is 0 Å². The molecule has 12 heavy (non-hydrogen) atoms. The highest BCUT2D eigenvalue weighted by Gasteiger charge is 2.26. The molecule has 0 heterocycles. The quantitative estimate of drug-likeness (QED) is 0.637. The van der Waals surface area contributed by atoms with Crippen molar-refractivity contribution in [2.24, 2.45) is 11.3 Å². The minimum absolute atomic E-state index is 0.167. The van der Waals surface area contributed by atoms with Gasteiger partial charge in [0.15, 0.2) is 0 Å². The van der Waals surface area contributed by atoms with E-state index in [1.165, 1.54) is 0 Å². The van der Waals surface area contributed by atoms with Crippen molar-refractivity contribution in [2.45, 2.75) is 47.3 Å². The van der Waals surface area contributed by atoms with Crippen LogP contribution in [0.4, 0.5) is 0 Å². The van der Waals surface area contributed by atoms with Crippen LogP contribution in [0.25, 0.3) is 0 Å². The molecule has 0 aromatic heterocycles.